The van der Waals surface area contributed by atoms with Gasteiger partial charge < -0.3 is 10.1 Å². The molecule has 1 saturated carbocycles. The Balaban J connectivity index is 1.81. The van der Waals surface area contributed by atoms with Crippen molar-refractivity contribution in [2.24, 2.45) is 11.8 Å². The van der Waals surface area contributed by atoms with Crippen LogP contribution < -0.4 is 5.32 Å². The Bertz CT molecular complexity index is 393. The Labute approximate surface area is 130 Å². The summed E-state index contributed by atoms with van der Waals surface area (Å²) in [4.78, 5) is 0. The number of benzene rings is 1. The lowest BCUT2D eigenvalue weighted by Crippen LogP contribution is -2.23. The van der Waals surface area contributed by atoms with Crippen LogP contribution in [0.15, 0.2) is 24.3 Å². The summed E-state index contributed by atoms with van der Waals surface area (Å²) in [6.07, 6.45) is 6.65. The fourth-order valence-electron chi connectivity index (χ4n) is 3.23. The predicted octanol–water partition coefficient (Wildman–Crippen LogP) is 4.35. The van der Waals surface area contributed by atoms with E-state index in [0.29, 0.717) is 12.0 Å². The minimum Gasteiger partial charge on any atom is -0.379 e. The Morgan fingerprint density at radius 1 is 1.14 bits per heavy atom. The van der Waals surface area contributed by atoms with Crippen LogP contribution in [0.2, 0.25) is 0 Å². The number of hydrogen-bond acceptors (Lipinski definition) is 2. The molecule has 1 aliphatic rings. The van der Waals surface area contributed by atoms with Gasteiger partial charge in [0.1, 0.15) is 0 Å². The van der Waals surface area contributed by atoms with Gasteiger partial charge in [-0.2, -0.15) is 0 Å². The molecule has 1 atom stereocenters. The van der Waals surface area contributed by atoms with E-state index in [2.05, 4.69) is 43.4 Å². The second-order valence-electron chi connectivity index (χ2n) is 6.87. The maximum atomic E-state index is 5.96. The summed E-state index contributed by atoms with van der Waals surface area (Å²) >= 11 is 0. The highest BCUT2D eigenvalue weighted by Gasteiger charge is 2.16. The standard InChI is InChI=1S/C19H31NO/c1-15(2)12-16-8-10-18(11-9-16)19(20-3)14-21-13-17-6-4-5-7-17/h8-11,15,17,19-20H,4-7,12-14H2,1-3H3. The monoisotopic (exact) mass is 289 g/mol. The number of ether oxygens (including phenoxy) is 1. The van der Waals surface area contributed by atoms with Gasteiger partial charge >= 0.3 is 0 Å². The number of likely N-dealkylation sites (N-methyl/N-ethyl adjacent to an activating group) is 1. The van der Waals surface area contributed by atoms with Gasteiger partial charge in [-0.3, -0.25) is 0 Å². The van der Waals surface area contributed by atoms with Crippen molar-refractivity contribution < 1.29 is 4.74 Å². The van der Waals surface area contributed by atoms with Gasteiger partial charge in [0.25, 0.3) is 0 Å². The first-order valence-electron chi connectivity index (χ1n) is 8.53. The fourth-order valence-corrected chi connectivity index (χ4v) is 3.23. The second-order valence-corrected chi connectivity index (χ2v) is 6.87. The van der Waals surface area contributed by atoms with E-state index in [0.717, 1.165) is 25.6 Å². The molecule has 1 aromatic carbocycles. The van der Waals surface area contributed by atoms with Gasteiger partial charge in [0, 0.05) is 6.61 Å². The maximum Gasteiger partial charge on any atom is 0.0661 e. The van der Waals surface area contributed by atoms with Crippen LogP contribution in [-0.4, -0.2) is 20.3 Å². The van der Waals surface area contributed by atoms with E-state index in [1.54, 1.807) is 0 Å². The number of nitrogens with one attached hydrogen (secondary N) is 1. The third-order valence-electron chi connectivity index (χ3n) is 4.49. The lowest BCUT2D eigenvalue weighted by atomic mass is 9.99. The molecule has 21 heavy (non-hydrogen) atoms. The van der Waals surface area contributed by atoms with Gasteiger partial charge in [0.15, 0.2) is 0 Å². The first-order valence-corrected chi connectivity index (χ1v) is 8.53. The summed E-state index contributed by atoms with van der Waals surface area (Å²) in [7, 11) is 2.02. The van der Waals surface area contributed by atoms with Crippen molar-refractivity contribution in [3.8, 4) is 0 Å². The number of rotatable bonds is 8. The van der Waals surface area contributed by atoms with Crippen LogP contribution in [-0.2, 0) is 11.2 Å². The summed E-state index contributed by atoms with van der Waals surface area (Å²) in [5.74, 6) is 1.52. The van der Waals surface area contributed by atoms with Crippen LogP contribution >= 0.6 is 0 Å². The summed E-state index contributed by atoms with van der Waals surface area (Å²) in [6, 6.07) is 9.32. The number of hydrogen-bond donors (Lipinski definition) is 1. The van der Waals surface area contributed by atoms with Crippen molar-refractivity contribution in [1.29, 1.82) is 0 Å². The highest BCUT2D eigenvalue weighted by molar-refractivity contribution is 5.25. The van der Waals surface area contributed by atoms with Gasteiger partial charge in [-0.25, -0.2) is 0 Å². The van der Waals surface area contributed by atoms with E-state index in [1.165, 1.54) is 36.8 Å². The van der Waals surface area contributed by atoms with Crippen molar-refractivity contribution in [1.82, 2.24) is 5.32 Å². The Morgan fingerprint density at radius 2 is 1.81 bits per heavy atom. The van der Waals surface area contributed by atoms with E-state index >= 15 is 0 Å². The summed E-state index contributed by atoms with van der Waals surface area (Å²) in [6.45, 7) is 6.24. The van der Waals surface area contributed by atoms with Crippen LogP contribution in [0.25, 0.3) is 0 Å². The zero-order chi connectivity index (χ0) is 15.1. The molecular formula is C19H31NO. The molecule has 1 aromatic rings. The average Bonchev–Trinajstić information content (AvgIpc) is 2.97. The third-order valence-corrected chi connectivity index (χ3v) is 4.49. The van der Waals surface area contributed by atoms with Crippen LogP contribution in [0.1, 0.15) is 56.7 Å². The van der Waals surface area contributed by atoms with Gasteiger partial charge in [-0.05, 0) is 49.3 Å². The largest absolute Gasteiger partial charge is 0.379 e. The van der Waals surface area contributed by atoms with Crippen molar-refractivity contribution in [3.05, 3.63) is 35.4 Å². The quantitative estimate of drug-likeness (QED) is 0.768. The molecule has 1 unspecified atom stereocenters. The van der Waals surface area contributed by atoms with Crippen molar-refractivity contribution in [2.45, 2.75) is 52.0 Å². The molecule has 0 amide bonds. The van der Waals surface area contributed by atoms with Crippen LogP contribution in [0.3, 0.4) is 0 Å². The highest BCUT2D eigenvalue weighted by Crippen LogP contribution is 2.25. The smallest absolute Gasteiger partial charge is 0.0661 e. The molecule has 2 rings (SSSR count). The Kier molecular flexibility index (Phi) is 6.72. The molecule has 2 heteroatoms. The average molecular weight is 289 g/mol. The van der Waals surface area contributed by atoms with E-state index in [4.69, 9.17) is 4.74 Å². The Hall–Kier alpha value is -0.860. The first-order chi connectivity index (χ1) is 10.2. The maximum absolute atomic E-state index is 5.96. The van der Waals surface area contributed by atoms with E-state index in [1.807, 2.05) is 7.05 Å². The second kappa shape index (κ2) is 8.55. The van der Waals surface area contributed by atoms with Crippen molar-refractivity contribution in [3.63, 3.8) is 0 Å². The summed E-state index contributed by atoms with van der Waals surface area (Å²) in [5, 5.41) is 3.38. The van der Waals surface area contributed by atoms with Gasteiger partial charge in [-0.15, -0.1) is 0 Å². The van der Waals surface area contributed by atoms with Crippen LogP contribution in [0, 0.1) is 11.8 Å². The molecule has 0 saturated heterocycles. The molecule has 0 aromatic heterocycles. The summed E-state index contributed by atoms with van der Waals surface area (Å²) in [5.41, 5.74) is 2.76. The van der Waals surface area contributed by atoms with E-state index in [-0.39, 0.29) is 0 Å². The van der Waals surface area contributed by atoms with E-state index in [9.17, 15) is 0 Å². The minimum absolute atomic E-state index is 0.305. The molecule has 0 radical (unpaired) electrons. The zero-order valence-electron chi connectivity index (χ0n) is 13.9. The van der Waals surface area contributed by atoms with Crippen LogP contribution in [0.4, 0.5) is 0 Å². The fraction of sp³-hybridized carbons (Fsp3) is 0.684. The molecule has 2 nitrogen and oxygen atoms in total. The lowest BCUT2D eigenvalue weighted by molar-refractivity contribution is 0.0844. The highest BCUT2D eigenvalue weighted by atomic mass is 16.5. The van der Waals surface area contributed by atoms with Gasteiger partial charge in [-0.1, -0.05) is 51.0 Å². The zero-order valence-corrected chi connectivity index (χ0v) is 13.9. The normalized spacial score (nSPS) is 17.5. The molecule has 1 N–H and O–H groups in total. The van der Waals surface area contributed by atoms with Crippen molar-refractivity contribution >= 4 is 0 Å². The van der Waals surface area contributed by atoms with Gasteiger partial charge in [0.05, 0.1) is 12.6 Å². The first kappa shape index (κ1) is 16.5. The molecule has 118 valence electrons. The molecule has 0 aliphatic heterocycles. The van der Waals surface area contributed by atoms with Crippen molar-refractivity contribution in [2.75, 3.05) is 20.3 Å². The molecule has 0 spiro atoms. The minimum atomic E-state index is 0.305. The molecule has 1 fully saturated rings. The Morgan fingerprint density at radius 3 is 2.38 bits per heavy atom. The SMILES string of the molecule is CNC(COCC1CCCC1)c1ccc(CC(C)C)cc1. The molecule has 1 aliphatic carbocycles. The predicted molar refractivity (Wildman–Crippen MR) is 89.6 cm³/mol. The van der Waals surface area contributed by atoms with Crippen LogP contribution in [0.5, 0.6) is 0 Å². The summed E-state index contributed by atoms with van der Waals surface area (Å²) < 4.78 is 5.96. The third kappa shape index (κ3) is 5.44. The lowest BCUT2D eigenvalue weighted by Gasteiger charge is -2.19. The molecular weight excluding hydrogens is 258 g/mol. The topological polar surface area (TPSA) is 21.3 Å². The van der Waals surface area contributed by atoms with Gasteiger partial charge in [0.2, 0.25) is 0 Å². The van der Waals surface area contributed by atoms with E-state index < -0.39 is 0 Å². The molecule has 0 bridgehead atoms. The molecule has 0 heterocycles.